The second kappa shape index (κ2) is 11.0. The molecule has 1 amide bonds. The van der Waals surface area contributed by atoms with Crippen LogP contribution in [0.5, 0.6) is 0 Å². The minimum absolute atomic E-state index is 0. The molecule has 0 radical (unpaired) electrons. The Morgan fingerprint density at radius 3 is 2.64 bits per heavy atom. The molecule has 2 N–H and O–H groups in total. The molecule has 1 saturated carbocycles. The summed E-state index contributed by atoms with van der Waals surface area (Å²) in [5, 5.41) is 6.88. The van der Waals surface area contributed by atoms with E-state index in [9.17, 15) is 4.79 Å². The molecule has 1 aliphatic heterocycles. The lowest BCUT2D eigenvalue weighted by atomic mass is 10.1. The summed E-state index contributed by atoms with van der Waals surface area (Å²) in [5.74, 6) is 1.49. The third-order valence-corrected chi connectivity index (χ3v) is 5.80. The number of amides is 1. The lowest BCUT2D eigenvalue weighted by Crippen LogP contribution is -2.45. The van der Waals surface area contributed by atoms with Crippen LogP contribution in [0.3, 0.4) is 0 Å². The van der Waals surface area contributed by atoms with Gasteiger partial charge in [0.15, 0.2) is 5.96 Å². The molecular formula is C22H35IN4O. The molecule has 0 bridgehead atoms. The van der Waals surface area contributed by atoms with E-state index in [0.717, 1.165) is 44.9 Å². The van der Waals surface area contributed by atoms with Crippen molar-refractivity contribution in [1.29, 1.82) is 0 Å². The third kappa shape index (κ3) is 6.09. The molecule has 1 heterocycles. The van der Waals surface area contributed by atoms with Gasteiger partial charge in [-0.3, -0.25) is 4.79 Å². The molecule has 1 aromatic rings. The predicted molar refractivity (Wildman–Crippen MR) is 126 cm³/mol. The fraction of sp³-hybridized carbons (Fsp3) is 0.636. The lowest BCUT2D eigenvalue weighted by molar-refractivity contribution is -0.134. The Labute approximate surface area is 186 Å². The van der Waals surface area contributed by atoms with Gasteiger partial charge in [0.1, 0.15) is 0 Å². The fourth-order valence-electron chi connectivity index (χ4n) is 4.21. The van der Waals surface area contributed by atoms with E-state index in [1.807, 2.05) is 0 Å². The average molecular weight is 498 g/mol. The highest BCUT2D eigenvalue weighted by Crippen LogP contribution is 2.27. The highest BCUT2D eigenvalue weighted by atomic mass is 127. The van der Waals surface area contributed by atoms with Crippen molar-refractivity contribution < 1.29 is 4.79 Å². The highest BCUT2D eigenvalue weighted by molar-refractivity contribution is 14.0. The van der Waals surface area contributed by atoms with E-state index in [1.165, 1.54) is 29.5 Å². The Balaban J connectivity index is 0.00000280. The average Bonchev–Trinajstić information content (AvgIpc) is 3.32. The molecule has 1 aromatic carbocycles. The monoisotopic (exact) mass is 498 g/mol. The number of nitrogens with zero attached hydrogens (tertiary/aromatic N) is 2. The zero-order valence-corrected chi connectivity index (χ0v) is 19.8. The first-order chi connectivity index (χ1) is 13.1. The number of hydrogen-bond acceptors (Lipinski definition) is 2. The van der Waals surface area contributed by atoms with Gasteiger partial charge in [0.2, 0.25) is 5.91 Å². The summed E-state index contributed by atoms with van der Waals surface area (Å²) < 4.78 is 0. The van der Waals surface area contributed by atoms with Gasteiger partial charge >= 0.3 is 0 Å². The molecule has 1 saturated heterocycles. The zero-order chi connectivity index (χ0) is 19.2. The molecule has 2 fully saturated rings. The SMILES string of the molecule is CCNC(=NCc1ccc(C)cc1C)NC1CCN(C(=O)C2CCCC2)C1.I. The summed E-state index contributed by atoms with van der Waals surface area (Å²) in [4.78, 5) is 19.5. The smallest absolute Gasteiger partial charge is 0.225 e. The molecule has 0 aromatic heterocycles. The number of hydrogen-bond donors (Lipinski definition) is 2. The van der Waals surface area contributed by atoms with Crippen LogP contribution < -0.4 is 10.6 Å². The van der Waals surface area contributed by atoms with Gasteiger partial charge in [0, 0.05) is 31.6 Å². The van der Waals surface area contributed by atoms with Crippen LogP contribution in [0.25, 0.3) is 0 Å². The van der Waals surface area contributed by atoms with Crippen molar-refractivity contribution in [2.45, 2.75) is 65.5 Å². The molecule has 3 rings (SSSR count). The number of nitrogens with one attached hydrogen (secondary N) is 2. The van der Waals surface area contributed by atoms with E-state index >= 15 is 0 Å². The summed E-state index contributed by atoms with van der Waals surface area (Å²) in [6.07, 6.45) is 5.57. The Morgan fingerprint density at radius 1 is 1.21 bits per heavy atom. The van der Waals surface area contributed by atoms with Crippen LogP contribution in [0, 0.1) is 19.8 Å². The summed E-state index contributed by atoms with van der Waals surface area (Å²) in [6.45, 7) is 9.49. The van der Waals surface area contributed by atoms with Crippen LogP contribution >= 0.6 is 24.0 Å². The largest absolute Gasteiger partial charge is 0.357 e. The van der Waals surface area contributed by atoms with E-state index in [0.29, 0.717) is 12.5 Å². The molecule has 5 nitrogen and oxygen atoms in total. The molecule has 6 heteroatoms. The Bertz CT molecular complexity index is 685. The zero-order valence-electron chi connectivity index (χ0n) is 17.5. The fourth-order valence-corrected chi connectivity index (χ4v) is 4.21. The second-order valence-corrected chi connectivity index (χ2v) is 8.02. The maximum absolute atomic E-state index is 12.6. The maximum Gasteiger partial charge on any atom is 0.225 e. The lowest BCUT2D eigenvalue weighted by Gasteiger charge is -2.21. The highest BCUT2D eigenvalue weighted by Gasteiger charge is 2.32. The van der Waals surface area contributed by atoms with Crippen molar-refractivity contribution >= 4 is 35.8 Å². The number of benzene rings is 1. The molecule has 1 aliphatic carbocycles. The van der Waals surface area contributed by atoms with Gasteiger partial charge < -0.3 is 15.5 Å². The molecule has 28 heavy (non-hydrogen) atoms. The van der Waals surface area contributed by atoms with Crippen LogP contribution in [0.15, 0.2) is 23.2 Å². The van der Waals surface area contributed by atoms with Gasteiger partial charge in [-0.1, -0.05) is 36.6 Å². The van der Waals surface area contributed by atoms with Crippen LogP contribution in [0.1, 0.15) is 55.7 Å². The van der Waals surface area contributed by atoms with Gasteiger partial charge in [-0.05, 0) is 51.2 Å². The number of likely N-dealkylation sites (tertiary alicyclic amines) is 1. The standard InChI is InChI=1S/C22H34N4O.HI/c1-4-23-22(24-14-19-10-9-16(2)13-17(19)3)25-20-11-12-26(15-20)21(27)18-7-5-6-8-18;/h9-10,13,18,20H,4-8,11-12,14-15H2,1-3H3,(H2,23,24,25);1H. The first-order valence-corrected chi connectivity index (χ1v) is 10.5. The first-order valence-electron chi connectivity index (χ1n) is 10.5. The van der Waals surface area contributed by atoms with Gasteiger partial charge in [-0.25, -0.2) is 4.99 Å². The quantitative estimate of drug-likeness (QED) is 0.369. The normalized spacial score (nSPS) is 20.2. The number of rotatable bonds is 5. The number of aliphatic imine (C=N–C) groups is 1. The molecule has 1 unspecified atom stereocenters. The van der Waals surface area contributed by atoms with Crippen molar-refractivity contribution in [2.24, 2.45) is 10.9 Å². The number of halogens is 1. The summed E-state index contributed by atoms with van der Waals surface area (Å²) in [5.41, 5.74) is 3.81. The van der Waals surface area contributed by atoms with Crippen LogP contribution in [-0.4, -0.2) is 42.4 Å². The Morgan fingerprint density at radius 2 is 1.96 bits per heavy atom. The maximum atomic E-state index is 12.6. The Kier molecular flexibility index (Phi) is 9.05. The van der Waals surface area contributed by atoms with Crippen LogP contribution in [0.2, 0.25) is 0 Å². The van der Waals surface area contributed by atoms with Crippen molar-refractivity contribution in [1.82, 2.24) is 15.5 Å². The number of guanidine groups is 1. The molecular weight excluding hydrogens is 463 g/mol. The first kappa shape index (κ1) is 23.0. The molecule has 156 valence electrons. The Hall–Kier alpha value is -1.31. The topological polar surface area (TPSA) is 56.7 Å². The van der Waals surface area contributed by atoms with Crippen LogP contribution in [-0.2, 0) is 11.3 Å². The number of carbonyl (C=O) groups is 1. The van der Waals surface area contributed by atoms with Gasteiger partial charge in [0.25, 0.3) is 0 Å². The molecule has 1 atom stereocenters. The van der Waals surface area contributed by atoms with Crippen molar-refractivity contribution in [3.05, 3.63) is 34.9 Å². The van der Waals surface area contributed by atoms with Crippen molar-refractivity contribution in [3.8, 4) is 0 Å². The van der Waals surface area contributed by atoms with E-state index in [-0.39, 0.29) is 35.9 Å². The number of aryl methyl sites for hydroxylation is 2. The van der Waals surface area contributed by atoms with E-state index in [2.05, 4.69) is 54.5 Å². The van der Waals surface area contributed by atoms with Gasteiger partial charge in [-0.15, -0.1) is 24.0 Å². The minimum Gasteiger partial charge on any atom is -0.357 e. The van der Waals surface area contributed by atoms with Crippen molar-refractivity contribution in [3.63, 3.8) is 0 Å². The third-order valence-electron chi connectivity index (χ3n) is 5.80. The van der Waals surface area contributed by atoms with E-state index in [1.54, 1.807) is 0 Å². The van der Waals surface area contributed by atoms with Gasteiger partial charge in [0.05, 0.1) is 6.54 Å². The number of carbonyl (C=O) groups excluding carboxylic acids is 1. The second-order valence-electron chi connectivity index (χ2n) is 8.02. The van der Waals surface area contributed by atoms with E-state index in [4.69, 9.17) is 4.99 Å². The predicted octanol–water partition coefficient (Wildman–Crippen LogP) is 3.77. The van der Waals surface area contributed by atoms with Crippen molar-refractivity contribution in [2.75, 3.05) is 19.6 Å². The van der Waals surface area contributed by atoms with Crippen LogP contribution in [0.4, 0.5) is 0 Å². The molecule has 2 aliphatic rings. The molecule has 0 spiro atoms. The van der Waals surface area contributed by atoms with Gasteiger partial charge in [-0.2, -0.15) is 0 Å². The summed E-state index contributed by atoms with van der Waals surface area (Å²) >= 11 is 0. The summed E-state index contributed by atoms with van der Waals surface area (Å²) in [7, 11) is 0. The minimum atomic E-state index is 0. The summed E-state index contributed by atoms with van der Waals surface area (Å²) in [6, 6.07) is 6.79. The van der Waals surface area contributed by atoms with E-state index < -0.39 is 0 Å².